The molecule has 1 aromatic carbocycles. The van der Waals surface area contributed by atoms with Gasteiger partial charge in [-0.15, -0.1) is 0 Å². The Morgan fingerprint density at radius 2 is 2.00 bits per heavy atom. The van der Waals surface area contributed by atoms with Gasteiger partial charge in [0.1, 0.15) is 11.6 Å². The van der Waals surface area contributed by atoms with Gasteiger partial charge >= 0.3 is 0 Å². The standard InChI is InChI=1S/C18H24N4/c1-4-15-12-17(20-13(2)19-15)21-16-10-11-22(3)18(16)14-8-6-5-7-9-14/h5-9,12,16,18H,4,10-11H2,1-3H3,(H,19,20,21). The summed E-state index contributed by atoms with van der Waals surface area (Å²) in [6.45, 7) is 5.18. The third-order valence-electron chi connectivity index (χ3n) is 4.38. The number of nitrogens with one attached hydrogen (secondary N) is 1. The first-order valence-electron chi connectivity index (χ1n) is 8.03. The van der Waals surface area contributed by atoms with Crippen LogP contribution in [0.1, 0.15) is 36.5 Å². The lowest BCUT2D eigenvalue weighted by atomic mass is 10.0. The maximum Gasteiger partial charge on any atom is 0.130 e. The van der Waals surface area contributed by atoms with E-state index in [2.05, 4.69) is 70.6 Å². The van der Waals surface area contributed by atoms with E-state index in [0.717, 1.165) is 36.7 Å². The van der Waals surface area contributed by atoms with Crippen molar-refractivity contribution in [2.45, 2.75) is 38.8 Å². The Morgan fingerprint density at radius 1 is 1.23 bits per heavy atom. The van der Waals surface area contributed by atoms with Crippen molar-refractivity contribution in [1.29, 1.82) is 0 Å². The quantitative estimate of drug-likeness (QED) is 0.940. The van der Waals surface area contributed by atoms with Crippen molar-refractivity contribution in [1.82, 2.24) is 14.9 Å². The molecule has 4 nitrogen and oxygen atoms in total. The van der Waals surface area contributed by atoms with Gasteiger partial charge in [-0.2, -0.15) is 0 Å². The Kier molecular flexibility index (Phi) is 4.39. The number of nitrogens with zero attached hydrogens (tertiary/aromatic N) is 3. The fraction of sp³-hybridized carbons (Fsp3) is 0.444. The Morgan fingerprint density at radius 3 is 2.73 bits per heavy atom. The number of hydrogen-bond acceptors (Lipinski definition) is 4. The van der Waals surface area contributed by atoms with Crippen LogP contribution in [0.4, 0.5) is 5.82 Å². The summed E-state index contributed by atoms with van der Waals surface area (Å²) in [6, 6.07) is 13.6. The summed E-state index contributed by atoms with van der Waals surface area (Å²) >= 11 is 0. The molecule has 1 aliphatic heterocycles. The lowest BCUT2D eigenvalue weighted by Gasteiger charge is -2.26. The molecule has 116 valence electrons. The highest BCUT2D eigenvalue weighted by Gasteiger charge is 2.33. The Bertz CT molecular complexity index is 626. The smallest absolute Gasteiger partial charge is 0.130 e. The largest absolute Gasteiger partial charge is 0.365 e. The van der Waals surface area contributed by atoms with E-state index in [1.165, 1.54) is 5.56 Å². The Labute approximate surface area is 132 Å². The van der Waals surface area contributed by atoms with Gasteiger partial charge in [0, 0.05) is 24.3 Å². The number of rotatable bonds is 4. The zero-order valence-electron chi connectivity index (χ0n) is 13.6. The van der Waals surface area contributed by atoms with Gasteiger partial charge in [-0.25, -0.2) is 9.97 Å². The summed E-state index contributed by atoms with van der Waals surface area (Å²) < 4.78 is 0. The molecule has 2 aromatic rings. The van der Waals surface area contributed by atoms with Gasteiger partial charge in [0.25, 0.3) is 0 Å². The van der Waals surface area contributed by atoms with Crippen molar-refractivity contribution < 1.29 is 0 Å². The van der Waals surface area contributed by atoms with Crippen molar-refractivity contribution >= 4 is 5.82 Å². The van der Waals surface area contributed by atoms with Crippen molar-refractivity contribution in [3.63, 3.8) is 0 Å². The fourth-order valence-corrected chi connectivity index (χ4v) is 3.31. The van der Waals surface area contributed by atoms with Crippen molar-refractivity contribution in [2.24, 2.45) is 0 Å². The SMILES string of the molecule is CCc1cc(NC2CCN(C)C2c2ccccc2)nc(C)n1. The van der Waals surface area contributed by atoms with E-state index in [1.54, 1.807) is 0 Å². The molecule has 3 rings (SSSR count). The number of aromatic nitrogens is 2. The molecule has 22 heavy (non-hydrogen) atoms. The predicted molar refractivity (Wildman–Crippen MR) is 90.0 cm³/mol. The average molecular weight is 296 g/mol. The highest BCUT2D eigenvalue weighted by atomic mass is 15.2. The molecule has 0 bridgehead atoms. The molecule has 0 aliphatic carbocycles. The van der Waals surface area contributed by atoms with E-state index in [0.29, 0.717) is 12.1 Å². The number of benzene rings is 1. The maximum atomic E-state index is 4.56. The van der Waals surface area contributed by atoms with Gasteiger partial charge in [0.15, 0.2) is 0 Å². The van der Waals surface area contributed by atoms with Gasteiger partial charge in [0.2, 0.25) is 0 Å². The van der Waals surface area contributed by atoms with Crippen molar-refractivity contribution in [2.75, 3.05) is 18.9 Å². The van der Waals surface area contributed by atoms with Gasteiger partial charge in [-0.05, 0) is 32.4 Å². The topological polar surface area (TPSA) is 41.0 Å². The van der Waals surface area contributed by atoms with Crippen LogP contribution in [0.5, 0.6) is 0 Å². The van der Waals surface area contributed by atoms with Crippen LogP contribution in [0.25, 0.3) is 0 Å². The summed E-state index contributed by atoms with van der Waals surface area (Å²) in [6.07, 6.45) is 2.06. The lowest BCUT2D eigenvalue weighted by Crippen LogP contribution is -2.29. The van der Waals surface area contributed by atoms with Crippen molar-refractivity contribution in [3.8, 4) is 0 Å². The predicted octanol–water partition coefficient (Wildman–Crippen LogP) is 3.20. The fourth-order valence-electron chi connectivity index (χ4n) is 3.31. The molecular weight excluding hydrogens is 272 g/mol. The van der Waals surface area contributed by atoms with Gasteiger partial charge in [-0.3, -0.25) is 4.90 Å². The monoisotopic (exact) mass is 296 g/mol. The van der Waals surface area contributed by atoms with E-state index in [1.807, 2.05) is 6.92 Å². The van der Waals surface area contributed by atoms with Crippen LogP contribution in [-0.4, -0.2) is 34.5 Å². The molecule has 1 N–H and O–H groups in total. The number of anilines is 1. The molecule has 0 amide bonds. The molecule has 1 aromatic heterocycles. The Hall–Kier alpha value is -1.94. The van der Waals surface area contributed by atoms with Crippen LogP contribution in [0, 0.1) is 6.92 Å². The summed E-state index contributed by atoms with van der Waals surface area (Å²) in [5, 5.41) is 3.64. The van der Waals surface area contributed by atoms with Crippen molar-refractivity contribution in [3.05, 3.63) is 53.5 Å². The molecule has 2 heterocycles. The zero-order valence-corrected chi connectivity index (χ0v) is 13.6. The molecule has 0 radical (unpaired) electrons. The number of aryl methyl sites for hydroxylation is 2. The number of hydrogen-bond donors (Lipinski definition) is 1. The van der Waals surface area contributed by atoms with Crippen LogP contribution in [-0.2, 0) is 6.42 Å². The zero-order chi connectivity index (χ0) is 15.5. The number of likely N-dealkylation sites (tertiary alicyclic amines) is 1. The van der Waals surface area contributed by atoms with Gasteiger partial charge in [-0.1, -0.05) is 37.3 Å². The first kappa shape index (κ1) is 15.0. The second kappa shape index (κ2) is 6.44. The van der Waals surface area contributed by atoms with E-state index in [4.69, 9.17) is 0 Å². The molecular formula is C18H24N4. The third kappa shape index (κ3) is 3.12. The summed E-state index contributed by atoms with van der Waals surface area (Å²) in [5.74, 6) is 1.79. The first-order valence-corrected chi connectivity index (χ1v) is 8.03. The van der Waals surface area contributed by atoms with E-state index in [-0.39, 0.29) is 0 Å². The van der Waals surface area contributed by atoms with Crippen LogP contribution >= 0.6 is 0 Å². The van der Waals surface area contributed by atoms with Gasteiger partial charge in [0.05, 0.1) is 6.04 Å². The van der Waals surface area contributed by atoms with Crippen LogP contribution in [0.2, 0.25) is 0 Å². The minimum atomic E-state index is 0.381. The highest BCUT2D eigenvalue weighted by Crippen LogP contribution is 2.32. The van der Waals surface area contributed by atoms with Crippen LogP contribution in [0.15, 0.2) is 36.4 Å². The molecule has 2 unspecified atom stereocenters. The molecule has 0 spiro atoms. The second-order valence-corrected chi connectivity index (χ2v) is 6.02. The molecule has 2 atom stereocenters. The maximum absolute atomic E-state index is 4.56. The third-order valence-corrected chi connectivity index (χ3v) is 4.38. The lowest BCUT2D eigenvalue weighted by molar-refractivity contribution is 0.309. The van der Waals surface area contributed by atoms with Crippen LogP contribution < -0.4 is 5.32 Å². The van der Waals surface area contributed by atoms with E-state index >= 15 is 0 Å². The normalized spacial score (nSPS) is 22.0. The molecule has 0 saturated carbocycles. The second-order valence-electron chi connectivity index (χ2n) is 6.02. The average Bonchev–Trinajstić information content (AvgIpc) is 2.88. The highest BCUT2D eigenvalue weighted by molar-refractivity contribution is 5.39. The summed E-state index contributed by atoms with van der Waals surface area (Å²) in [7, 11) is 2.20. The summed E-state index contributed by atoms with van der Waals surface area (Å²) in [5.41, 5.74) is 2.46. The first-order chi connectivity index (χ1) is 10.7. The number of likely N-dealkylation sites (N-methyl/N-ethyl adjacent to an activating group) is 1. The van der Waals surface area contributed by atoms with Gasteiger partial charge < -0.3 is 5.32 Å². The molecule has 1 saturated heterocycles. The minimum Gasteiger partial charge on any atom is -0.365 e. The summed E-state index contributed by atoms with van der Waals surface area (Å²) in [4.78, 5) is 11.4. The minimum absolute atomic E-state index is 0.381. The van der Waals surface area contributed by atoms with E-state index < -0.39 is 0 Å². The molecule has 4 heteroatoms. The molecule has 1 aliphatic rings. The van der Waals surface area contributed by atoms with E-state index in [9.17, 15) is 0 Å². The Balaban J connectivity index is 1.83. The molecule has 1 fully saturated rings. The van der Waals surface area contributed by atoms with Crippen LogP contribution in [0.3, 0.4) is 0 Å².